The van der Waals surface area contributed by atoms with Crippen molar-refractivity contribution < 1.29 is 14.3 Å². The van der Waals surface area contributed by atoms with Crippen LogP contribution >= 0.6 is 0 Å². The molecule has 0 heterocycles. The monoisotopic (exact) mass is 267 g/mol. The lowest BCUT2D eigenvalue weighted by molar-refractivity contribution is -0.142. The zero-order chi connectivity index (χ0) is 14.5. The molecule has 0 bridgehead atoms. The van der Waals surface area contributed by atoms with E-state index >= 15 is 0 Å². The van der Waals surface area contributed by atoms with Gasteiger partial charge in [0.05, 0.1) is 6.54 Å². The van der Waals surface area contributed by atoms with Crippen molar-refractivity contribution in [2.75, 3.05) is 6.54 Å². The molecule has 0 saturated carbocycles. The van der Waals surface area contributed by atoms with Crippen molar-refractivity contribution in [3.8, 4) is 0 Å². The molecule has 0 aromatic carbocycles. The first-order valence-electron chi connectivity index (χ1n) is 6.80. The molecule has 0 rings (SSSR count). The maximum atomic E-state index is 11.5. The molecule has 0 aromatic rings. The second kappa shape index (κ2) is 11.5. The lowest BCUT2D eigenvalue weighted by atomic mass is 10.1. The van der Waals surface area contributed by atoms with E-state index in [4.69, 9.17) is 4.74 Å². The predicted molar refractivity (Wildman–Crippen MR) is 76.7 cm³/mol. The van der Waals surface area contributed by atoms with E-state index in [9.17, 15) is 9.59 Å². The van der Waals surface area contributed by atoms with E-state index in [1.165, 1.54) is 0 Å². The van der Waals surface area contributed by atoms with Crippen LogP contribution in [0, 0.1) is 0 Å². The van der Waals surface area contributed by atoms with Crippen LogP contribution in [0.25, 0.3) is 0 Å². The quantitative estimate of drug-likeness (QED) is 0.271. The normalized spacial score (nSPS) is 11.4. The number of rotatable bonds is 11. The summed E-state index contributed by atoms with van der Waals surface area (Å²) in [4.78, 5) is 22.4. The van der Waals surface area contributed by atoms with Gasteiger partial charge in [0.15, 0.2) is 0 Å². The molecule has 4 heteroatoms. The van der Waals surface area contributed by atoms with Crippen LogP contribution in [0.4, 0.5) is 0 Å². The Labute approximate surface area is 115 Å². The fourth-order valence-electron chi connectivity index (χ4n) is 1.56. The maximum absolute atomic E-state index is 11.5. The van der Waals surface area contributed by atoms with Crippen LogP contribution in [-0.4, -0.2) is 24.5 Å². The zero-order valence-electron chi connectivity index (χ0n) is 11.8. The molecule has 0 aromatic heterocycles. The van der Waals surface area contributed by atoms with Gasteiger partial charge in [-0.3, -0.25) is 4.79 Å². The summed E-state index contributed by atoms with van der Waals surface area (Å²) in [5, 5.41) is 2.75. The van der Waals surface area contributed by atoms with E-state index in [1.807, 2.05) is 6.08 Å². The van der Waals surface area contributed by atoms with Crippen LogP contribution in [0.3, 0.4) is 0 Å². The van der Waals surface area contributed by atoms with Crippen LogP contribution in [0.15, 0.2) is 25.3 Å². The van der Waals surface area contributed by atoms with Crippen molar-refractivity contribution in [1.82, 2.24) is 5.32 Å². The van der Waals surface area contributed by atoms with E-state index in [0.717, 1.165) is 38.2 Å². The van der Waals surface area contributed by atoms with E-state index in [-0.39, 0.29) is 12.0 Å². The third-order valence-electron chi connectivity index (χ3n) is 2.63. The average molecular weight is 267 g/mol. The van der Waals surface area contributed by atoms with E-state index in [2.05, 4.69) is 18.5 Å². The number of hydrogen-bond donors (Lipinski definition) is 1. The van der Waals surface area contributed by atoms with Gasteiger partial charge < -0.3 is 10.1 Å². The Morgan fingerprint density at radius 2 is 1.89 bits per heavy atom. The third kappa shape index (κ3) is 11.3. The second-order valence-electron chi connectivity index (χ2n) is 4.50. The van der Waals surface area contributed by atoms with Crippen molar-refractivity contribution in [1.29, 1.82) is 0 Å². The summed E-state index contributed by atoms with van der Waals surface area (Å²) >= 11 is 0. The minimum atomic E-state index is -0.469. The van der Waals surface area contributed by atoms with Crippen LogP contribution in [0.1, 0.15) is 45.4 Å². The molecule has 1 amide bonds. The van der Waals surface area contributed by atoms with Gasteiger partial charge in [-0.05, 0) is 26.2 Å². The molecule has 1 atom stereocenters. The average Bonchev–Trinajstić information content (AvgIpc) is 2.40. The molecular formula is C15H25NO3. The van der Waals surface area contributed by atoms with Crippen LogP contribution in [-0.2, 0) is 14.3 Å². The van der Waals surface area contributed by atoms with Gasteiger partial charge in [-0.2, -0.15) is 0 Å². The van der Waals surface area contributed by atoms with Crippen molar-refractivity contribution in [2.45, 2.75) is 51.6 Å². The number of nitrogens with one attached hydrogen (secondary N) is 1. The van der Waals surface area contributed by atoms with Gasteiger partial charge in [0.1, 0.15) is 6.10 Å². The summed E-state index contributed by atoms with van der Waals surface area (Å²) in [5.41, 5.74) is 0. The Balaban J connectivity index is 3.50. The molecule has 4 nitrogen and oxygen atoms in total. The zero-order valence-corrected chi connectivity index (χ0v) is 11.8. The standard InChI is InChI=1S/C15H25NO3/c1-4-6-7-8-9-10-11-14(17)16-12-13(3)19-15(18)5-2/h4-5,13H,1-2,6-12H2,3H3,(H,16,17). The largest absolute Gasteiger partial charge is 0.458 e. The summed E-state index contributed by atoms with van der Waals surface area (Å²) in [6.45, 7) is 9.06. The Kier molecular flexibility index (Phi) is 10.6. The van der Waals surface area contributed by atoms with E-state index < -0.39 is 5.97 Å². The molecule has 0 aliphatic carbocycles. The van der Waals surface area contributed by atoms with Gasteiger partial charge in [0.2, 0.25) is 5.91 Å². The molecule has 19 heavy (non-hydrogen) atoms. The molecule has 0 radical (unpaired) electrons. The van der Waals surface area contributed by atoms with Crippen molar-refractivity contribution in [2.24, 2.45) is 0 Å². The molecule has 0 aliphatic heterocycles. The third-order valence-corrected chi connectivity index (χ3v) is 2.63. The van der Waals surface area contributed by atoms with Crippen molar-refractivity contribution in [3.63, 3.8) is 0 Å². The lowest BCUT2D eigenvalue weighted by Gasteiger charge is -2.12. The van der Waals surface area contributed by atoms with Gasteiger partial charge in [0.25, 0.3) is 0 Å². The van der Waals surface area contributed by atoms with Crippen LogP contribution < -0.4 is 5.32 Å². The first kappa shape index (κ1) is 17.4. The highest BCUT2D eigenvalue weighted by Gasteiger charge is 2.08. The van der Waals surface area contributed by atoms with Gasteiger partial charge in [-0.25, -0.2) is 4.79 Å². The fraction of sp³-hybridized carbons (Fsp3) is 0.600. The van der Waals surface area contributed by atoms with Gasteiger partial charge in [-0.15, -0.1) is 6.58 Å². The summed E-state index contributed by atoms with van der Waals surface area (Å²) < 4.78 is 4.94. The number of esters is 1. The molecule has 0 saturated heterocycles. The minimum Gasteiger partial charge on any atom is -0.458 e. The Hall–Kier alpha value is -1.58. The Morgan fingerprint density at radius 1 is 1.21 bits per heavy atom. The Morgan fingerprint density at radius 3 is 2.53 bits per heavy atom. The van der Waals surface area contributed by atoms with E-state index in [0.29, 0.717) is 13.0 Å². The summed E-state index contributed by atoms with van der Waals surface area (Å²) in [6, 6.07) is 0. The van der Waals surface area contributed by atoms with Crippen molar-refractivity contribution in [3.05, 3.63) is 25.3 Å². The maximum Gasteiger partial charge on any atom is 0.330 e. The van der Waals surface area contributed by atoms with E-state index in [1.54, 1.807) is 6.92 Å². The Bertz CT molecular complexity index is 300. The number of unbranched alkanes of at least 4 members (excludes halogenated alkanes) is 4. The number of carbonyl (C=O) groups excluding carboxylic acids is 2. The van der Waals surface area contributed by atoms with Gasteiger partial charge >= 0.3 is 5.97 Å². The summed E-state index contributed by atoms with van der Waals surface area (Å²) in [6.07, 6.45) is 8.48. The highest BCUT2D eigenvalue weighted by Crippen LogP contribution is 2.05. The van der Waals surface area contributed by atoms with Crippen molar-refractivity contribution >= 4 is 11.9 Å². The number of amides is 1. The van der Waals surface area contributed by atoms with Gasteiger partial charge in [0, 0.05) is 12.5 Å². The molecule has 1 N–H and O–H groups in total. The number of ether oxygens (including phenoxy) is 1. The summed E-state index contributed by atoms with van der Waals surface area (Å²) in [5.74, 6) is -0.464. The highest BCUT2D eigenvalue weighted by molar-refractivity contribution is 5.81. The van der Waals surface area contributed by atoms with Crippen LogP contribution in [0.2, 0.25) is 0 Å². The SMILES string of the molecule is C=CCCCCCCC(=O)NCC(C)OC(=O)C=C. The second-order valence-corrected chi connectivity index (χ2v) is 4.50. The number of hydrogen-bond acceptors (Lipinski definition) is 3. The smallest absolute Gasteiger partial charge is 0.330 e. The number of carbonyl (C=O) groups is 2. The summed E-state index contributed by atoms with van der Waals surface area (Å²) in [7, 11) is 0. The molecular weight excluding hydrogens is 242 g/mol. The molecule has 0 aliphatic rings. The van der Waals surface area contributed by atoms with Gasteiger partial charge in [-0.1, -0.05) is 25.5 Å². The lowest BCUT2D eigenvalue weighted by Crippen LogP contribution is -2.32. The highest BCUT2D eigenvalue weighted by atomic mass is 16.5. The topological polar surface area (TPSA) is 55.4 Å². The predicted octanol–water partition coefficient (Wildman–Crippen LogP) is 2.75. The molecule has 0 fully saturated rings. The molecule has 1 unspecified atom stereocenters. The van der Waals surface area contributed by atoms with Crippen LogP contribution in [0.5, 0.6) is 0 Å². The first-order chi connectivity index (χ1) is 9.10. The molecule has 0 spiro atoms. The molecule has 108 valence electrons. The number of allylic oxidation sites excluding steroid dienone is 1. The minimum absolute atomic E-state index is 0.00484. The fourth-order valence-corrected chi connectivity index (χ4v) is 1.56. The first-order valence-corrected chi connectivity index (χ1v) is 6.80.